The number of nitrogens with zero attached hydrogens (tertiary/aromatic N) is 4. The summed E-state index contributed by atoms with van der Waals surface area (Å²) in [6.45, 7) is 1.38. The van der Waals surface area contributed by atoms with E-state index in [1.165, 1.54) is 17.2 Å². The van der Waals surface area contributed by atoms with Gasteiger partial charge in [0.15, 0.2) is 17.7 Å². The van der Waals surface area contributed by atoms with Crippen molar-refractivity contribution in [1.82, 2.24) is 19.5 Å². The number of hydrogen-bond acceptors (Lipinski definition) is 10. The van der Waals surface area contributed by atoms with Gasteiger partial charge in [0.05, 0.1) is 19.5 Å². The van der Waals surface area contributed by atoms with Crippen LogP contribution in [0.3, 0.4) is 0 Å². The van der Waals surface area contributed by atoms with Gasteiger partial charge in [-0.3, -0.25) is 13.6 Å². The quantitative estimate of drug-likeness (QED) is 0.452. The minimum absolute atomic E-state index is 0.0509. The number of aromatic nitrogens is 4. The van der Waals surface area contributed by atoms with Crippen molar-refractivity contribution in [3.05, 3.63) is 12.7 Å². The van der Waals surface area contributed by atoms with Crippen LogP contribution in [0.4, 0.5) is 5.82 Å². The van der Waals surface area contributed by atoms with Crippen LogP contribution < -0.4 is 5.73 Å². The van der Waals surface area contributed by atoms with Crippen LogP contribution in [0.25, 0.3) is 11.2 Å². The summed E-state index contributed by atoms with van der Waals surface area (Å²) < 4.78 is 28.2. The number of imidazole rings is 1. The zero-order valence-electron chi connectivity index (χ0n) is 13.9. The number of nitrogens with two attached hydrogens (primary N) is 1. The molecule has 3 rings (SSSR count). The van der Waals surface area contributed by atoms with Gasteiger partial charge in [0, 0.05) is 0 Å². The van der Waals surface area contributed by atoms with Gasteiger partial charge in [0.1, 0.15) is 30.2 Å². The van der Waals surface area contributed by atoms with Gasteiger partial charge in [-0.15, -0.1) is 0 Å². The van der Waals surface area contributed by atoms with Gasteiger partial charge in [0.25, 0.3) is 0 Å². The molecule has 0 spiro atoms. The molecule has 1 aliphatic rings. The van der Waals surface area contributed by atoms with E-state index in [1.807, 2.05) is 0 Å². The third kappa shape index (κ3) is 3.71. The van der Waals surface area contributed by atoms with E-state index >= 15 is 0 Å². The fourth-order valence-electron chi connectivity index (χ4n) is 2.56. The number of anilines is 1. The summed E-state index contributed by atoms with van der Waals surface area (Å²) in [6, 6.07) is 0. The van der Waals surface area contributed by atoms with Gasteiger partial charge in [0.2, 0.25) is 0 Å². The fourth-order valence-corrected chi connectivity index (χ4v) is 3.39. The lowest BCUT2D eigenvalue weighted by molar-refractivity contribution is -0.0514. The van der Waals surface area contributed by atoms with Crippen LogP contribution in [-0.4, -0.2) is 66.2 Å². The predicted octanol–water partition coefficient (Wildman–Crippen LogP) is -0.429. The minimum atomic E-state index is -4.26. The van der Waals surface area contributed by atoms with Crippen LogP contribution in [-0.2, 0) is 18.3 Å². The Hall–Kier alpha value is -1.66. The van der Waals surface area contributed by atoms with E-state index in [0.29, 0.717) is 17.6 Å². The molecule has 1 fully saturated rings. The van der Waals surface area contributed by atoms with E-state index < -0.39 is 39.0 Å². The molecule has 1 aliphatic heterocycles. The molecule has 144 valence electrons. The standard InChI is InChI=1S/C13H20N5O7P/c1-2-3-23-26(21,22)24-4-7-9(19)10(20)13(25-7)18-6-17-8-11(14)15-5-16-12(8)18/h5-7,9-10,13,19-20H,2-4H2,1H3,(H,21,22)(H2,14,15,16)/t7-,9-,10+,13+/m0/s1. The lowest BCUT2D eigenvalue weighted by Crippen LogP contribution is -2.33. The van der Waals surface area contributed by atoms with Gasteiger partial charge in [-0.05, 0) is 6.42 Å². The van der Waals surface area contributed by atoms with Gasteiger partial charge < -0.3 is 25.6 Å². The number of rotatable bonds is 7. The number of aliphatic hydroxyl groups excluding tert-OH is 2. The molecule has 0 aliphatic carbocycles. The first-order chi connectivity index (χ1) is 12.3. The van der Waals surface area contributed by atoms with Crippen LogP contribution >= 0.6 is 7.82 Å². The molecule has 13 heteroatoms. The number of fused-ring (bicyclic) bond motifs is 1. The highest BCUT2D eigenvalue weighted by molar-refractivity contribution is 7.47. The summed E-state index contributed by atoms with van der Waals surface area (Å²) in [5, 5.41) is 20.5. The number of phosphoric ester groups is 1. The Morgan fingerprint density at radius 3 is 2.81 bits per heavy atom. The average Bonchev–Trinajstić information content (AvgIpc) is 3.15. The van der Waals surface area contributed by atoms with Gasteiger partial charge in [-0.25, -0.2) is 19.5 Å². The number of ether oxygens (including phenoxy) is 1. The summed E-state index contributed by atoms with van der Waals surface area (Å²) in [5.41, 5.74) is 6.36. The molecular formula is C13H20N5O7P. The van der Waals surface area contributed by atoms with Crippen molar-refractivity contribution in [1.29, 1.82) is 0 Å². The SMILES string of the molecule is CCCOP(=O)(O)OC[C@@H]1O[C@@H](n2cnc3c(N)ncnc32)[C@H](O)[C@H]1O. The number of hydrogen-bond donors (Lipinski definition) is 4. The van der Waals surface area contributed by atoms with E-state index in [2.05, 4.69) is 15.0 Å². The van der Waals surface area contributed by atoms with Crippen LogP contribution in [0.5, 0.6) is 0 Å². The maximum absolute atomic E-state index is 11.7. The second-order valence-corrected chi connectivity index (χ2v) is 7.18. The molecular weight excluding hydrogens is 369 g/mol. The molecule has 26 heavy (non-hydrogen) atoms. The number of aliphatic hydroxyl groups is 2. The van der Waals surface area contributed by atoms with Crippen LogP contribution in [0.15, 0.2) is 12.7 Å². The van der Waals surface area contributed by atoms with Gasteiger partial charge in [-0.2, -0.15) is 0 Å². The molecule has 0 amide bonds. The van der Waals surface area contributed by atoms with Crippen molar-refractivity contribution in [2.45, 2.75) is 37.9 Å². The normalized spacial score (nSPS) is 28.5. The molecule has 3 heterocycles. The summed E-state index contributed by atoms with van der Waals surface area (Å²) in [4.78, 5) is 21.5. The topological polar surface area (TPSA) is 175 Å². The van der Waals surface area contributed by atoms with E-state index in [4.69, 9.17) is 19.5 Å². The van der Waals surface area contributed by atoms with E-state index in [-0.39, 0.29) is 12.4 Å². The Balaban J connectivity index is 1.73. The molecule has 2 aromatic heterocycles. The Labute approximate surface area is 148 Å². The van der Waals surface area contributed by atoms with E-state index in [1.54, 1.807) is 6.92 Å². The summed E-state index contributed by atoms with van der Waals surface area (Å²) in [5.74, 6) is 0.163. The lowest BCUT2D eigenvalue weighted by atomic mass is 10.1. The molecule has 5 N–H and O–H groups in total. The molecule has 1 unspecified atom stereocenters. The Morgan fingerprint density at radius 2 is 2.08 bits per heavy atom. The zero-order chi connectivity index (χ0) is 18.9. The third-order valence-corrected chi connectivity index (χ3v) is 4.84. The molecule has 2 aromatic rings. The first-order valence-corrected chi connectivity index (χ1v) is 9.40. The molecule has 0 radical (unpaired) electrons. The van der Waals surface area contributed by atoms with E-state index in [0.717, 1.165) is 0 Å². The Kier molecular flexibility index (Phi) is 5.53. The van der Waals surface area contributed by atoms with Crippen molar-refractivity contribution in [3.8, 4) is 0 Å². The third-order valence-electron chi connectivity index (χ3n) is 3.86. The van der Waals surface area contributed by atoms with Crippen molar-refractivity contribution in [2.24, 2.45) is 0 Å². The first kappa shape index (κ1) is 19.1. The number of phosphoric acid groups is 1. The van der Waals surface area contributed by atoms with E-state index in [9.17, 15) is 19.7 Å². The summed E-state index contributed by atoms with van der Waals surface area (Å²) >= 11 is 0. The molecule has 0 aromatic carbocycles. The average molecular weight is 389 g/mol. The monoisotopic (exact) mass is 389 g/mol. The van der Waals surface area contributed by atoms with Crippen molar-refractivity contribution >= 4 is 24.8 Å². The second-order valence-electron chi connectivity index (χ2n) is 5.73. The lowest BCUT2D eigenvalue weighted by Gasteiger charge is -2.17. The van der Waals surface area contributed by atoms with Crippen LogP contribution in [0.1, 0.15) is 19.6 Å². The maximum Gasteiger partial charge on any atom is 0.472 e. The van der Waals surface area contributed by atoms with Crippen LogP contribution in [0, 0.1) is 0 Å². The van der Waals surface area contributed by atoms with Gasteiger partial charge in [-0.1, -0.05) is 6.92 Å². The largest absolute Gasteiger partial charge is 0.472 e. The predicted molar refractivity (Wildman–Crippen MR) is 87.7 cm³/mol. The highest BCUT2D eigenvalue weighted by atomic mass is 31.2. The molecule has 0 saturated carbocycles. The molecule has 12 nitrogen and oxygen atoms in total. The highest BCUT2D eigenvalue weighted by Crippen LogP contribution is 2.44. The Morgan fingerprint density at radius 1 is 1.31 bits per heavy atom. The Bertz CT molecular complexity index is 817. The smallest absolute Gasteiger partial charge is 0.387 e. The molecule has 0 bridgehead atoms. The molecule has 1 saturated heterocycles. The van der Waals surface area contributed by atoms with Crippen molar-refractivity contribution in [3.63, 3.8) is 0 Å². The van der Waals surface area contributed by atoms with Crippen molar-refractivity contribution < 1.29 is 33.5 Å². The highest BCUT2D eigenvalue weighted by Gasteiger charge is 2.45. The van der Waals surface area contributed by atoms with Crippen LogP contribution in [0.2, 0.25) is 0 Å². The second kappa shape index (κ2) is 7.53. The number of nitrogen functional groups attached to an aromatic ring is 1. The van der Waals surface area contributed by atoms with Gasteiger partial charge >= 0.3 is 7.82 Å². The first-order valence-electron chi connectivity index (χ1n) is 7.90. The maximum atomic E-state index is 11.7. The zero-order valence-corrected chi connectivity index (χ0v) is 14.8. The minimum Gasteiger partial charge on any atom is -0.387 e. The summed E-state index contributed by atoms with van der Waals surface area (Å²) in [6.07, 6.45) is -1.67. The summed E-state index contributed by atoms with van der Waals surface area (Å²) in [7, 11) is -4.26. The fraction of sp³-hybridized carbons (Fsp3) is 0.615. The molecule has 5 atom stereocenters. The van der Waals surface area contributed by atoms with Crippen molar-refractivity contribution in [2.75, 3.05) is 18.9 Å².